The number of amides is 1. The molecular weight excluding hydrogens is 340 g/mol. The van der Waals surface area contributed by atoms with Crippen molar-refractivity contribution in [1.82, 2.24) is 19.9 Å². The number of benzene rings is 1. The van der Waals surface area contributed by atoms with E-state index in [1.165, 1.54) is 0 Å². The average molecular weight is 364 g/mol. The van der Waals surface area contributed by atoms with Crippen LogP contribution in [0.4, 0.5) is 0 Å². The number of para-hydroxylation sites is 1. The number of hydrogen-bond donors (Lipinski definition) is 2. The summed E-state index contributed by atoms with van der Waals surface area (Å²) in [5.41, 5.74) is 1.94. The Morgan fingerprint density at radius 3 is 2.89 bits per heavy atom. The number of aliphatic hydroxyl groups excluding tert-OH is 1. The molecule has 140 valence electrons. The van der Waals surface area contributed by atoms with Gasteiger partial charge in [-0.25, -0.2) is 4.98 Å². The van der Waals surface area contributed by atoms with Crippen LogP contribution in [-0.4, -0.2) is 31.7 Å². The molecule has 1 atom stereocenters. The molecular formula is C21H24N4O2. The van der Waals surface area contributed by atoms with Crippen molar-refractivity contribution in [2.75, 3.05) is 0 Å². The van der Waals surface area contributed by atoms with Crippen molar-refractivity contribution in [2.24, 2.45) is 5.92 Å². The van der Waals surface area contributed by atoms with Gasteiger partial charge in [0.05, 0.1) is 17.7 Å². The van der Waals surface area contributed by atoms with Gasteiger partial charge in [0.15, 0.2) is 0 Å². The van der Waals surface area contributed by atoms with Gasteiger partial charge >= 0.3 is 0 Å². The van der Waals surface area contributed by atoms with Gasteiger partial charge in [0.2, 0.25) is 5.91 Å². The summed E-state index contributed by atoms with van der Waals surface area (Å²) in [5, 5.41) is 14.0. The molecule has 4 rings (SSSR count). The van der Waals surface area contributed by atoms with Crippen LogP contribution in [0, 0.1) is 12.8 Å². The average Bonchev–Trinajstić information content (AvgIpc) is 3.06. The summed E-state index contributed by atoms with van der Waals surface area (Å²) in [7, 11) is 0. The van der Waals surface area contributed by atoms with Crippen LogP contribution < -0.4 is 5.32 Å². The lowest BCUT2D eigenvalue weighted by Gasteiger charge is -2.38. The second-order valence-corrected chi connectivity index (χ2v) is 7.31. The molecule has 1 amide bonds. The summed E-state index contributed by atoms with van der Waals surface area (Å²) in [6.07, 6.45) is 7.01. The molecule has 1 fully saturated rings. The lowest BCUT2D eigenvalue weighted by molar-refractivity contribution is -0.123. The number of imidazole rings is 1. The fourth-order valence-electron chi connectivity index (χ4n) is 3.74. The van der Waals surface area contributed by atoms with Crippen LogP contribution >= 0.6 is 0 Å². The lowest BCUT2D eigenvalue weighted by Crippen LogP contribution is -2.41. The van der Waals surface area contributed by atoms with Gasteiger partial charge < -0.3 is 15.0 Å². The largest absolute Gasteiger partial charge is 0.393 e. The number of nitrogens with zero attached hydrogens (tertiary/aromatic N) is 3. The predicted molar refractivity (Wildman–Crippen MR) is 103 cm³/mol. The molecule has 2 aromatic heterocycles. The molecule has 0 bridgehead atoms. The fourth-order valence-corrected chi connectivity index (χ4v) is 3.74. The van der Waals surface area contributed by atoms with Gasteiger partial charge in [-0.3, -0.25) is 9.78 Å². The highest BCUT2D eigenvalue weighted by Gasteiger charge is 2.35. The van der Waals surface area contributed by atoms with E-state index in [1.54, 1.807) is 6.20 Å². The SMILES string of the molecule is Cc1nccn1CCC(=O)NC(c1cnc2ccccc2c1)C1CC(O)C1. The maximum atomic E-state index is 12.6. The van der Waals surface area contributed by atoms with E-state index < -0.39 is 0 Å². The zero-order valence-corrected chi connectivity index (χ0v) is 15.4. The highest BCUT2D eigenvalue weighted by atomic mass is 16.3. The second kappa shape index (κ2) is 7.48. The summed E-state index contributed by atoms with van der Waals surface area (Å²) in [5.74, 6) is 1.14. The number of fused-ring (bicyclic) bond motifs is 1. The van der Waals surface area contributed by atoms with Crippen LogP contribution in [0.5, 0.6) is 0 Å². The van der Waals surface area contributed by atoms with Crippen molar-refractivity contribution in [3.8, 4) is 0 Å². The highest BCUT2D eigenvalue weighted by molar-refractivity contribution is 5.80. The third kappa shape index (κ3) is 3.85. The maximum Gasteiger partial charge on any atom is 0.222 e. The Morgan fingerprint density at radius 1 is 1.33 bits per heavy atom. The number of carbonyl (C=O) groups excluding carboxylic acids is 1. The number of hydrogen-bond acceptors (Lipinski definition) is 4. The number of pyridine rings is 1. The molecule has 27 heavy (non-hydrogen) atoms. The van der Waals surface area contributed by atoms with Gasteiger partial charge in [0.1, 0.15) is 5.82 Å². The van der Waals surface area contributed by atoms with E-state index >= 15 is 0 Å². The Balaban J connectivity index is 1.50. The smallest absolute Gasteiger partial charge is 0.222 e. The third-order valence-electron chi connectivity index (χ3n) is 5.41. The van der Waals surface area contributed by atoms with Crippen LogP contribution in [0.15, 0.2) is 48.9 Å². The molecule has 6 nitrogen and oxygen atoms in total. The molecule has 2 N–H and O–H groups in total. The van der Waals surface area contributed by atoms with Gasteiger partial charge in [0.25, 0.3) is 0 Å². The van der Waals surface area contributed by atoms with Gasteiger partial charge in [-0.15, -0.1) is 0 Å². The third-order valence-corrected chi connectivity index (χ3v) is 5.41. The first-order valence-corrected chi connectivity index (χ1v) is 9.40. The molecule has 1 aromatic carbocycles. The van der Waals surface area contributed by atoms with Gasteiger partial charge in [-0.05, 0) is 43.4 Å². The number of nitrogens with one attached hydrogen (secondary N) is 1. The topological polar surface area (TPSA) is 80.0 Å². The molecule has 1 aliphatic carbocycles. The molecule has 2 heterocycles. The molecule has 0 saturated heterocycles. The van der Waals surface area contributed by atoms with Crippen molar-refractivity contribution >= 4 is 16.8 Å². The number of aromatic nitrogens is 3. The number of aryl methyl sites for hydroxylation is 2. The molecule has 1 unspecified atom stereocenters. The summed E-state index contributed by atoms with van der Waals surface area (Å²) < 4.78 is 1.97. The standard InChI is InChI=1S/C21H24N4O2/c1-14-22-7-9-25(14)8-6-20(27)24-21(16-11-18(26)12-16)17-10-15-4-2-3-5-19(15)23-13-17/h2-5,7,9-10,13,16,18,21,26H,6,8,11-12H2,1H3,(H,24,27). The van der Waals surface area contributed by atoms with Crippen LogP contribution in [0.2, 0.25) is 0 Å². The summed E-state index contributed by atoms with van der Waals surface area (Å²) in [6, 6.07) is 9.94. The van der Waals surface area contributed by atoms with E-state index in [4.69, 9.17) is 0 Å². The molecule has 6 heteroatoms. The Morgan fingerprint density at radius 2 is 2.15 bits per heavy atom. The van der Waals surface area contributed by atoms with Crippen LogP contribution in [0.1, 0.15) is 36.7 Å². The van der Waals surface area contributed by atoms with Gasteiger partial charge in [0, 0.05) is 36.9 Å². The first-order chi connectivity index (χ1) is 13.1. The van der Waals surface area contributed by atoms with E-state index in [0.717, 1.165) is 22.3 Å². The monoisotopic (exact) mass is 364 g/mol. The zero-order chi connectivity index (χ0) is 18.8. The van der Waals surface area contributed by atoms with Crippen molar-refractivity contribution < 1.29 is 9.90 Å². The van der Waals surface area contributed by atoms with E-state index in [1.807, 2.05) is 48.1 Å². The molecule has 1 saturated carbocycles. The molecule has 0 radical (unpaired) electrons. The minimum atomic E-state index is -0.267. The van der Waals surface area contributed by atoms with E-state index in [0.29, 0.717) is 25.8 Å². The Hall–Kier alpha value is -2.73. The number of carbonyl (C=O) groups is 1. The first kappa shape index (κ1) is 17.7. The highest BCUT2D eigenvalue weighted by Crippen LogP contribution is 2.38. The first-order valence-electron chi connectivity index (χ1n) is 9.40. The Bertz CT molecular complexity index is 946. The molecule has 0 aliphatic heterocycles. The van der Waals surface area contributed by atoms with Crippen molar-refractivity contribution in [1.29, 1.82) is 0 Å². The number of rotatable bonds is 6. The zero-order valence-electron chi connectivity index (χ0n) is 15.4. The minimum absolute atomic E-state index is 0.00245. The second-order valence-electron chi connectivity index (χ2n) is 7.31. The summed E-state index contributed by atoms with van der Waals surface area (Å²) in [4.78, 5) is 21.3. The molecule has 1 aliphatic rings. The van der Waals surface area contributed by atoms with Gasteiger partial charge in [-0.1, -0.05) is 18.2 Å². The van der Waals surface area contributed by atoms with E-state index in [9.17, 15) is 9.90 Å². The Kier molecular flexibility index (Phi) is 4.90. The summed E-state index contributed by atoms with van der Waals surface area (Å²) in [6.45, 7) is 2.53. The molecule has 3 aromatic rings. The number of aliphatic hydroxyl groups is 1. The van der Waals surface area contributed by atoms with Crippen LogP contribution in [-0.2, 0) is 11.3 Å². The predicted octanol–water partition coefficient (Wildman–Crippen LogP) is 2.76. The quantitative estimate of drug-likeness (QED) is 0.705. The molecule has 0 spiro atoms. The Labute approximate surface area is 158 Å². The summed E-state index contributed by atoms with van der Waals surface area (Å²) >= 11 is 0. The minimum Gasteiger partial charge on any atom is -0.393 e. The van der Waals surface area contributed by atoms with Crippen molar-refractivity contribution in [2.45, 2.75) is 44.9 Å². The fraction of sp³-hybridized carbons (Fsp3) is 0.381. The van der Waals surface area contributed by atoms with Gasteiger partial charge in [-0.2, -0.15) is 0 Å². The van der Waals surface area contributed by atoms with E-state index in [-0.39, 0.29) is 24.0 Å². The van der Waals surface area contributed by atoms with E-state index in [2.05, 4.69) is 21.4 Å². The van der Waals surface area contributed by atoms with Crippen LogP contribution in [0.25, 0.3) is 10.9 Å². The van der Waals surface area contributed by atoms with Crippen molar-refractivity contribution in [3.63, 3.8) is 0 Å². The lowest BCUT2D eigenvalue weighted by atomic mass is 9.75. The van der Waals surface area contributed by atoms with Crippen LogP contribution in [0.3, 0.4) is 0 Å². The maximum absolute atomic E-state index is 12.6. The van der Waals surface area contributed by atoms with Crippen molar-refractivity contribution in [3.05, 3.63) is 60.3 Å². The normalized spacial score (nSPS) is 20.2.